The number of anilines is 1. The molecule has 0 amide bonds. The van der Waals surface area contributed by atoms with Crippen LogP contribution in [-0.4, -0.2) is 64.2 Å². The molecule has 0 aliphatic carbocycles. The van der Waals surface area contributed by atoms with Gasteiger partial charge in [-0.25, -0.2) is 13.1 Å². The van der Waals surface area contributed by atoms with E-state index in [0.29, 0.717) is 38.4 Å². The highest BCUT2D eigenvalue weighted by molar-refractivity contribution is 7.89. The third-order valence-electron chi connectivity index (χ3n) is 5.97. The standard InChI is InChI=1S/C22H28N4O5S/c27-26(28)22-16-20(32(29,30)23-9-3-10-24-12-14-31-15-13-24)6-7-21(22)25-11-8-18-4-1-2-5-19(18)17-25/h1-2,4-7,16,23H,3,8-15,17H2. The summed E-state index contributed by atoms with van der Waals surface area (Å²) in [4.78, 5) is 15.3. The van der Waals surface area contributed by atoms with E-state index in [4.69, 9.17) is 4.74 Å². The third-order valence-corrected chi connectivity index (χ3v) is 7.43. The lowest BCUT2D eigenvalue weighted by Crippen LogP contribution is -2.38. The van der Waals surface area contributed by atoms with Gasteiger partial charge in [0.15, 0.2) is 0 Å². The molecule has 2 aliphatic heterocycles. The summed E-state index contributed by atoms with van der Waals surface area (Å²) >= 11 is 0. The van der Waals surface area contributed by atoms with Crippen LogP contribution in [0.15, 0.2) is 47.4 Å². The summed E-state index contributed by atoms with van der Waals surface area (Å²) in [6.45, 7) is 5.35. The van der Waals surface area contributed by atoms with Crippen molar-refractivity contribution in [2.75, 3.05) is 50.8 Å². The minimum Gasteiger partial charge on any atom is -0.379 e. The van der Waals surface area contributed by atoms with Gasteiger partial charge >= 0.3 is 0 Å². The van der Waals surface area contributed by atoms with Gasteiger partial charge < -0.3 is 9.64 Å². The van der Waals surface area contributed by atoms with Crippen LogP contribution in [-0.2, 0) is 27.7 Å². The van der Waals surface area contributed by atoms with Gasteiger partial charge in [-0.2, -0.15) is 0 Å². The number of hydrogen-bond acceptors (Lipinski definition) is 7. The molecule has 0 saturated carbocycles. The minimum atomic E-state index is -3.83. The molecule has 2 aromatic rings. The van der Waals surface area contributed by atoms with Crippen LogP contribution in [0.3, 0.4) is 0 Å². The number of benzene rings is 2. The number of nitro groups is 1. The van der Waals surface area contributed by atoms with E-state index >= 15 is 0 Å². The summed E-state index contributed by atoms with van der Waals surface area (Å²) < 4.78 is 33.3. The van der Waals surface area contributed by atoms with Crippen molar-refractivity contribution in [2.45, 2.75) is 24.3 Å². The van der Waals surface area contributed by atoms with E-state index in [1.165, 1.54) is 17.7 Å². The average Bonchev–Trinajstić information content (AvgIpc) is 2.82. The van der Waals surface area contributed by atoms with Gasteiger partial charge in [0.1, 0.15) is 5.69 Å². The largest absolute Gasteiger partial charge is 0.379 e. The van der Waals surface area contributed by atoms with E-state index < -0.39 is 14.9 Å². The fourth-order valence-corrected chi connectivity index (χ4v) is 5.30. The predicted octanol–water partition coefficient (Wildman–Crippen LogP) is 2.16. The lowest BCUT2D eigenvalue weighted by Gasteiger charge is -2.30. The molecule has 9 nitrogen and oxygen atoms in total. The number of morpholine rings is 1. The zero-order chi connectivity index (χ0) is 22.6. The zero-order valence-corrected chi connectivity index (χ0v) is 18.7. The molecule has 1 saturated heterocycles. The summed E-state index contributed by atoms with van der Waals surface area (Å²) in [5, 5.41) is 11.8. The first-order valence-electron chi connectivity index (χ1n) is 10.8. The number of sulfonamides is 1. The number of ether oxygens (including phenoxy) is 1. The summed E-state index contributed by atoms with van der Waals surface area (Å²) in [6.07, 6.45) is 1.45. The minimum absolute atomic E-state index is 0.0864. The van der Waals surface area contributed by atoms with Gasteiger partial charge in [0.2, 0.25) is 10.0 Å². The van der Waals surface area contributed by atoms with Crippen LogP contribution < -0.4 is 9.62 Å². The normalized spacial score (nSPS) is 17.2. The summed E-state index contributed by atoms with van der Waals surface area (Å²) in [5.41, 5.74) is 2.62. The van der Waals surface area contributed by atoms with E-state index in [1.54, 1.807) is 6.07 Å². The SMILES string of the molecule is O=[N+]([O-])c1cc(S(=O)(=O)NCCCN2CCOCC2)ccc1N1CCc2ccccc2C1. The van der Waals surface area contributed by atoms with Crippen molar-refractivity contribution in [1.29, 1.82) is 0 Å². The van der Waals surface area contributed by atoms with E-state index in [-0.39, 0.29) is 17.1 Å². The van der Waals surface area contributed by atoms with Crippen molar-refractivity contribution in [1.82, 2.24) is 9.62 Å². The maximum Gasteiger partial charge on any atom is 0.293 e. The van der Waals surface area contributed by atoms with Gasteiger partial charge in [0.25, 0.3) is 5.69 Å². The number of nitrogens with zero attached hydrogens (tertiary/aromatic N) is 3. The van der Waals surface area contributed by atoms with Gasteiger partial charge in [0, 0.05) is 38.8 Å². The molecule has 0 atom stereocenters. The van der Waals surface area contributed by atoms with Crippen LogP contribution in [0.2, 0.25) is 0 Å². The fraction of sp³-hybridized carbons (Fsp3) is 0.455. The fourth-order valence-electron chi connectivity index (χ4n) is 4.20. The van der Waals surface area contributed by atoms with Gasteiger partial charge in [0.05, 0.1) is 23.0 Å². The first-order valence-corrected chi connectivity index (χ1v) is 12.3. The molecule has 2 aromatic carbocycles. The second kappa shape index (κ2) is 9.95. The Morgan fingerprint density at radius 2 is 1.81 bits per heavy atom. The molecule has 2 heterocycles. The highest BCUT2D eigenvalue weighted by atomic mass is 32.2. The number of hydrogen-bond donors (Lipinski definition) is 1. The Labute approximate surface area is 188 Å². The van der Waals surface area contributed by atoms with Gasteiger partial charge in [-0.3, -0.25) is 15.0 Å². The molecule has 1 fully saturated rings. The van der Waals surface area contributed by atoms with Gasteiger partial charge in [-0.1, -0.05) is 24.3 Å². The van der Waals surface area contributed by atoms with Crippen LogP contribution in [0.1, 0.15) is 17.5 Å². The Morgan fingerprint density at radius 3 is 2.56 bits per heavy atom. The topological polar surface area (TPSA) is 105 Å². The van der Waals surface area contributed by atoms with E-state index in [1.807, 2.05) is 23.1 Å². The van der Waals surface area contributed by atoms with E-state index in [0.717, 1.165) is 31.6 Å². The van der Waals surface area contributed by atoms with E-state index in [2.05, 4.69) is 15.7 Å². The molecule has 0 unspecified atom stereocenters. The Balaban J connectivity index is 1.44. The molecule has 10 heteroatoms. The second-order valence-electron chi connectivity index (χ2n) is 8.05. The van der Waals surface area contributed by atoms with Crippen LogP contribution in [0.25, 0.3) is 0 Å². The van der Waals surface area contributed by atoms with Crippen LogP contribution in [0, 0.1) is 10.1 Å². The first-order chi connectivity index (χ1) is 15.4. The average molecular weight is 461 g/mol. The highest BCUT2D eigenvalue weighted by Gasteiger charge is 2.26. The maximum absolute atomic E-state index is 12.7. The number of nitro benzene ring substituents is 1. The predicted molar refractivity (Wildman–Crippen MR) is 121 cm³/mol. The summed E-state index contributed by atoms with van der Waals surface area (Å²) in [7, 11) is -3.83. The smallest absolute Gasteiger partial charge is 0.293 e. The third kappa shape index (κ3) is 5.26. The lowest BCUT2D eigenvalue weighted by molar-refractivity contribution is -0.384. The van der Waals surface area contributed by atoms with Gasteiger partial charge in [-0.15, -0.1) is 0 Å². The maximum atomic E-state index is 12.7. The molecular weight excluding hydrogens is 432 g/mol. The summed E-state index contributed by atoms with van der Waals surface area (Å²) in [6, 6.07) is 12.2. The van der Waals surface area contributed by atoms with Crippen LogP contribution in [0.5, 0.6) is 0 Å². The Morgan fingerprint density at radius 1 is 1.06 bits per heavy atom. The molecular formula is C22H28N4O5S. The van der Waals surface area contributed by atoms with Crippen molar-refractivity contribution in [3.05, 3.63) is 63.7 Å². The quantitative estimate of drug-likeness (QED) is 0.366. The van der Waals surface area contributed by atoms with E-state index in [9.17, 15) is 18.5 Å². The Kier molecular flexibility index (Phi) is 7.04. The lowest BCUT2D eigenvalue weighted by atomic mass is 9.99. The van der Waals surface area contributed by atoms with Crippen molar-refractivity contribution in [3.63, 3.8) is 0 Å². The molecule has 1 N–H and O–H groups in total. The second-order valence-corrected chi connectivity index (χ2v) is 9.82. The molecule has 4 rings (SSSR count). The Bertz CT molecular complexity index is 1070. The molecule has 2 aliphatic rings. The molecule has 172 valence electrons. The Hall–Kier alpha value is -2.53. The number of rotatable bonds is 8. The van der Waals surface area contributed by atoms with Gasteiger partial charge in [-0.05, 0) is 42.6 Å². The van der Waals surface area contributed by atoms with Crippen LogP contribution >= 0.6 is 0 Å². The monoisotopic (exact) mass is 460 g/mol. The molecule has 0 bridgehead atoms. The highest BCUT2D eigenvalue weighted by Crippen LogP contribution is 2.34. The molecule has 0 radical (unpaired) electrons. The van der Waals surface area contributed by atoms with Crippen molar-refractivity contribution in [2.24, 2.45) is 0 Å². The summed E-state index contributed by atoms with van der Waals surface area (Å²) in [5.74, 6) is 0. The first kappa shape index (κ1) is 22.7. The van der Waals surface area contributed by atoms with Crippen LogP contribution in [0.4, 0.5) is 11.4 Å². The molecule has 32 heavy (non-hydrogen) atoms. The number of nitrogens with one attached hydrogen (secondary N) is 1. The van der Waals surface area contributed by atoms with Crippen molar-refractivity contribution >= 4 is 21.4 Å². The van der Waals surface area contributed by atoms with Crippen molar-refractivity contribution in [3.8, 4) is 0 Å². The molecule has 0 aromatic heterocycles. The zero-order valence-electron chi connectivity index (χ0n) is 17.9. The molecule has 0 spiro atoms. The number of fused-ring (bicyclic) bond motifs is 1. The van der Waals surface area contributed by atoms with Crippen molar-refractivity contribution < 1.29 is 18.1 Å².